The van der Waals surface area contributed by atoms with Gasteiger partial charge in [-0.3, -0.25) is 4.79 Å². The lowest BCUT2D eigenvalue weighted by molar-refractivity contribution is 0.102. The number of benzene rings is 3. The van der Waals surface area contributed by atoms with Crippen molar-refractivity contribution in [2.45, 2.75) is 18.9 Å². The van der Waals surface area contributed by atoms with Crippen molar-refractivity contribution in [3.8, 4) is 23.0 Å². The number of para-hydroxylation sites is 1. The van der Waals surface area contributed by atoms with Crippen molar-refractivity contribution in [1.29, 1.82) is 0 Å². The summed E-state index contributed by atoms with van der Waals surface area (Å²) in [6.45, 7) is 0. The highest BCUT2D eigenvalue weighted by Gasteiger charge is 2.29. The number of rotatable bonds is 6. The van der Waals surface area contributed by atoms with Crippen molar-refractivity contribution in [1.82, 2.24) is 0 Å². The zero-order valence-corrected chi connectivity index (χ0v) is 19.7. The van der Waals surface area contributed by atoms with Crippen LogP contribution in [0.25, 0.3) is 0 Å². The van der Waals surface area contributed by atoms with E-state index in [1.165, 1.54) is 0 Å². The first-order valence-corrected chi connectivity index (χ1v) is 11.0. The van der Waals surface area contributed by atoms with Crippen molar-refractivity contribution in [2.24, 2.45) is 0 Å². The fourth-order valence-electron chi connectivity index (χ4n) is 3.89. The smallest absolute Gasteiger partial charge is 0.255 e. The number of fused-ring (bicyclic) bond motifs is 1. The second kappa shape index (κ2) is 9.53. The predicted octanol–water partition coefficient (Wildman–Crippen LogP) is 5.79. The molecule has 7 heteroatoms. The third kappa shape index (κ3) is 4.25. The van der Waals surface area contributed by atoms with Gasteiger partial charge in [0.05, 0.1) is 27.0 Å². The quantitative estimate of drug-likeness (QED) is 0.466. The highest BCUT2D eigenvalue weighted by atomic mass is 79.9. The van der Waals surface area contributed by atoms with Gasteiger partial charge in [-0.1, -0.05) is 24.3 Å². The first-order chi connectivity index (χ1) is 15.5. The summed E-state index contributed by atoms with van der Waals surface area (Å²) in [6.07, 6.45) is 1.30. The maximum atomic E-state index is 12.8. The minimum absolute atomic E-state index is 0.178. The molecule has 1 aliphatic rings. The van der Waals surface area contributed by atoms with Gasteiger partial charge in [0, 0.05) is 21.7 Å². The average Bonchev–Trinajstić information content (AvgIpc) is 2.83. The molecule has 3 aromatic rings. The Bertz CT molecular complexity index is 1150. The van der Waals surface area contributed by atoms with Crippen molar-refractivity contribution in [3.63, 3.8) is 0 Å². The Morgan fingerprint density at radius 1 is 1.00 bits per heavy atom. The van der Waals surface area contributed by atoms with Crippen LogP contribution in [-0.2, 0) is 6.42 Å². The maximum absolute atomic E-state index is 12.8. The van der Waals surface area contributed by atoms with E-state index in [0.717, 1.165) is 34.1 Å². The van der Waals surface area contributed by atoms with Gasteiger partial charge in [0.2, 0.25) is 5.75 Å². The molecule has 4 rings (SSSR count). The van der Waals surface area contributed by atoms with Crippen LogP contribution in [0.4, 0.5) is 5.69 Å². The standard InChI is InChI=1S/C25H24BrNO5/c1-29-22-14-21-17(23(30-2)24(22)31-3)11-12-20(32-21)15-7-6-8-16(13-15)25(28)27-19-10-5-4-9-18(19)26/h4-10,13-14,20H,11-12H2,1-3H3,(H,27,28). The fourth-order valence-corrected chi connectivity index (χ4v) is 4.28. The van der Waals surface area contributed by atoms with Gasteiger partial charge in [0.15, 0.2) is 11.5 Å². The minimum Gasteiger partial charge on any atom is -0.493 e. The molecule has 0 bridgehead atoms. The average molecular weight is 498 g/mol. The van der Waals surface area contributed by atoms with Crippen LogP contribution >= 0.6 is 15.9 Å². The van der Waals surface area contributed by atoms with Gasteiger partial charge >= 0.3 is 0 Å². The number of ether oxygens (including phenoxy) is 4. The second-order valence-corrected chi connectivity index (χ2v) is 8.18. The first kappa shape index (κ1) is 22.0. The summed E-state index contributed by atoms with van der Waals surface area (Å²) in [6, 6.07) is 16.9. The number of carbonyl (C=O) groups excluding carboxylic acids is 1. The van der Waals surface area contributed by atoms with E-state index in [0.29, 0.717) is 28.6 Å². The maximum Gasteiger partial charge on any atom is 0.255 e. The molecule has 166 valence electrons. The molecule has 1 heterocycles. The predicted molar refractivity (Wildman–Crippen MR) is 126 cm³/mol. The summed E-state index contributed by atoms with van der Waals surface area (Å²) >= 11 is 3.46. The fraction of sp³-hybridized carbons (Fsp3) is 0.240. The van der Waals surface area contributed by atoms with Crippen LogP contribution in [0, 0.1) is 0 Å². The Morgan fingerprint density at radius 2 is 1.78 bits per heavy atom. The van der Waals surface area contributed by atoms with E-state index in [-0.39, 0.29) is 12.0 Å². The normalized spacial score (nSPS) is 14.7. The van der Waals surface area contributed by atoms with Gasteiger partial charge in [-0.15, -0.1) is 0 Å². The number of nitrogens with one attached hydrogen (secondary N) is 1. The van der Waals surface area contributed by atoms with Crippen LogP contribution in [0.1, 0.15) is 34.0 Å². The van der Waals surface area contributed by atoms with Crippen molar-refractivity contribution in [2.75, 3.05) is 26.6 Å². The molecule has 1 N–H and O–H groups in total. The molecule has 32 heavy (non-hydrogen) atoms. The van der Waals surface area contributed by atoms with Gasteiger partial charge in [-0.25, -0.2) is 0 Å². The first-order valence-electron chi connectivity index (χ1n) is 10.2. The molecule has 3 aromatic carbocycles. The van der Waals surface area contributed by atoms with Crippen LogP contribution in [0.3, 0.4) is 0 Å². The van der Waals surface area contributed by atoms with Crippen LogP contribution < -0.4 is 24.3 Å². The van der Waals surface area contributed by atoms with Crippen molar-refractivity contribution in [3.05, 3.63) is 75.8 Å². The highest BCUT2D eigenvalue weighted by molar-refractivity contribution is 9.10. The van der Waals surface area contributed by atoms with E-state index in [2.05, 4.69) is 21.2 Å². The SMILES string of the molecule is COc1cc2c(c(OC)c1OC)CCC(c1cccc(C(=O)Nc3ccccc3Br)c1)O2. The molecule has 0 spiro atoms. The third-order valence-electron chi connectivity index (χ3n) is 5.46. The Morgan fingerprint density at radius 3 is 2.50 bits per heavy atom. The van der Waals surface area contributed by atoms with E-state index in [9.17, 15) is 4.79 Å². The van der Waals surface area contributed by atoms with Gasteiger partial charge in [-0.2, -0.15) is 0 Å². The highest BCUT2D eigenvalue weighted by Crippen LogP contribution is 2.49. The topological polar surface area (TPSA) is 66.0 Å². The zero-order chi connectivity index (χ0) is 22.7. The lowest BCUT2D eigenvalue weighted by atomic mass is 9.95. The van der Waals surface area contributed by atoms with Crippen LogP contribution in [-0.4, -0.2) is 27.2 Å². The lowest BCUT2D eigenvalue weighted by Gasteiger charge is -2.29. The summed E-state index contributed by atoms with van der Waals surface area (Å²) in [5, 5.41) is 2.94. The van der Waals surface area contributed by atoms with Gasteiger partial charge in [0.25, 0.3) is 5.91 Å². The van der Waals surface area contributed by atoms with E-state index in [4.69, 9.17) is 18.9 Å². The van der Waals surface area contributed by atoms with Crippen LogP contribution in [0.2, 0.25) is 0 Å². The summed E-state index contributed by atoms with van der Waals surface area (Å²) in [4.78, 5) is 12.8. The number of methoxy groups -OCH3 is 3. The van der Waals surface area contributed by atoms with Gasteiger partial charge < -0.3 is 24.3 Å². The molecule has 6 nitrogen and oxygen atoms in total. The lowest BCUT2D eigenvalue weighted by Crippen LogP contribution is -2.18. The van der Waals surface area contributed by atoms with Gasteiger partial charge in [0.1, 0.15) is 11.9 Å². The molecule has 0 fully saturated rings. The molecule has 1 amide bonds. The molecule has 1 aliphatic heterocycles. The Kier molecular flexibility index (Phi) is 6.55. The van der Waals surface area contributed by atoms with E-state index in [1.54, 1.807) is 27.4 Å². The Labute approximate surface area is 195 Å². The molecule has 0 aliphatic carbocycles. The largest absolute Gasteiger partial charge is 0.493 e. The third-order valence-corrected chi connectivity index (χ3v) is 6.15. The monoisotopic (exact) mass is 497 g/mol. The van der Waals surface area contributed by atoms with E-state index >= 15 is 0 Å². The Hall–Kier alpha value is -3.19. The molecule has 0 saturated carbocycles. The number of hydrogen-bond donors (Lipinski definition) is 1. The summed E-state index contributed by atoms with van der Waals surface area (Å²) in [7, 11) is 4.78. The number of amides is 1. The summed E-state index contributed by atoms with van der Waals surface area (Å²) < 4.78 is 23.7. The van der Waals surface area contributed by atoms with Crippen molar-refractivity contribution < 1.29 is 23.7 Å². The molecule has 0 radical (unpaired) electrons. The van der Waals surface area contributed by atoms with E-state index < -0.39 is 0 Å². The summed E-state index contributed by atoms with van der Waals surface area (Å²) in [5.74, 6) is 2.25. The second-order valence-electron chi connectivity index (χ2n) is 7.33. The Balaban J connectivity index is 1.59. The number of anilines is 1. The van der Waals surface area contributed by atoms with Crippen molar-refractivity contribution >= 4 is 27.5 Å². The molecule has 1 atom stereocenters. The zero-order valence-electron chi connectivity index (χ0n) is 18.1. The minimum atomic E-state index is -0.193. The molecule has 0 saturated heterocycles. The number of carbonyl (C=O) groups is 1. The molecule has 1 unspecified atom stereocenters. The number of halogens is 1. The van der Waals surface area contributed by atoms with Gasteiger partial charge in [-0.05, 0) is 58.6 Å². The summed E-state index contributed by atoms with van der Waals surface area (Å²) in [5.41, 5.74) is 3.17. The number of hydrogen-bond acceptors (Lipinski definition) is 5. The molecule has 0 aromatic heterocycles. The molecular weight excluding hydrogens is 474 g/mol. The molecular formula is C25H24BrNO5. The van der Waals surface area contributed by atoms with Crippen LogP contribution in [0.5, 0.6) is 23.0 Å². The van der Waals surface area contributed by atoms with E-state index in [1.807, 2.05) is 48.5 Å². The van der Waals surface area contributed by atoms with Crippen LogP contribution in [0.15, 0.2) is 59.1 Å².